The molecule has 0 atom stereocenters. The van der Waals surface area contributed by atoms with E-state index in [1.807, 2.05) is 18.2 Å². The lowest BCUT2D eigenvalue weighted by Crippen LogP contribution is -1.95. The molecule has 26 rings (SSSR count). The second-order valence-electron chi connectivity index (χ2n) is 33.4. The Morgan fingerprint density at radius 2 is 0.381 bits per heavy atom. The van der Waals surface area contributed by atoms with E-state index in [9.17, 15) is 0 Å². The van der Waals surface area contributed by atoms with Crippen LogP contribution >= 0.6 is 0 Å². The molecule has 0 saturated heterocycles. The number of nitrogens with zero attached hydrogens (tertiary/aromatic N) is 4. The van der Waals surface area contributed by atoms with Gasteiger partial charge in [0.25, 0.3) is 0 Å². The zero-order chi connectivity index (χ0) is 82.6. The van der Waals surface area contributed by atoms with Crippen LogP contribution in [0.3, 0.4) is 0 Å². The normalized spacial score (nSPS) is 12.0. The van der Waals surface area contributed by atoms with Crippen LogP contribution in [-0.4, -0.2) is 18.3 Å². The average molecular weight is 1600 g/mol. The van der Waals surface area contributed by atoms with Gasteiger partial charge in [0.15, 0.2) is 0 Å². The van der Waals surface area contributed by atoms with E-state index >= 15 is 0 Å². The van der Waals surface area contributed by atoms with Crippen molar-refractivity contribution >= 4 is 131 Å². The molecule has 0 saturated carbocycles. The highest BCUT2D eigenvalue weighted by atomic mass is 16.3. The van der Waals surface area contributed by atoms with Gasteiger partial charge in [-0.3, -0.25) is 0 Å². The first-order valence-electron chi connectivity index (χ1n) is 43.2. The molecule has 6 heterocycles. The van der Waals surface area contributed by atoms with Gasteiger partial charge in [0.05, 0.1) is 49.5 Å². The van der Waals surface area contributed by atoms with Crippen molar-refractivity contribution in [3.05, 3.63) is 449 Å². The van der Waals surface area contributed by atoms with Crippen molar-refractivity contribution in [3.8, 4) is 123 Å². The molecule has 0 fully saturated rings. The molecule has 126 heavy (non-hydrogen) atoms. The van der Waals surface area contributed by atoms with Crippen LogP contribution in [-0.2, 0) is 0 Å². The average Bonchev–Trinajstić information content (AvgIpc) is 1.58. The van der Waals surface area contributed by atoms with Crippen molar-refractivity contribution < 1.29 is 8.83 Å². The molecule has 0 spiro atoms. The molecular weight excluding hydrogens is 1530 g/mol. The van der Waals surface area contributed by atoms with E-state index in [-0.39, 0.29) is 0 Å². The predicted octanol–water partition coefficient (Wildman–Crippen LogP) is 32.9. The molecule has 26 aromatic rings. The molecule has 0 aliphatic heterocycles. The number of aromatic nitrogens is 4. The van der Waals surface area contributed by atoms with Crippen LogP contribution in [0.1, 0.15) is 0 Å². The summed E-state index contributed by atoms with van der Waals surface area (Å²) in [6.07, 6.45) is 0. The first-order chi connectivity index (χ1) is 62.4. The Balaban J connectivity index is 0.475. The first-order valence-corrected chi connectivity index (χ1v) is 43.2. The van der Waals surface area contributed by atoms with Crippen molar-refractivity contribution in [2.75, 3.05) is 0 Å². The number of fused-ring (bicyclic) bond motifs is 19. The van der Waals surface area contributed by atoms with Crippen LogP contribution in [0.4, 0.5) is 0 Å². The lowest BCUT2D eigenvalue weighted by molar-refractivity contribution is 0.669. The van der Waals surface area contributed by atoms with Crippen molar-refractivity contribution in [1.82, 2.24) is 18.3 Å². The lowest BCUT2D eigenvalue weighted by Gasteiger charge is -2.12. The van der Waals surface area contributed by atoms with Crippen LogP contribution < -0.4 is 0 Å². The maximum atomic E-state index is 6.41. The van der Waals surface area contributed by atoms with E-state index in [0.29, 0.717) is 0 Å². The highest BCUT2D eigenvalue weighted by Crippen LogP contribution is 2.46. The minimum Gasteiger partial charge on any atom is -0.456 e. The molecule has 0 N–H and O–H groups in total. The van der Waals surface area contributed by atoms with Gasteiger partial charge in [0, 0.05) is 82.0 Å². The fourth-order valence-electron chi connectivity index (χ4n) is 20.2. The van der Waals surface area contributed by atoms with Crippen LogP contribution in [0.15, 0.2) is 458 Å². The van der Waals surface area contributed by atoms with Gasteiger partial charge < -0.3 is 27.1 Å². The van der Waals surface area contributed by atoms with E-state index in [1.165, 1.54) is 104 Å². The Hall–Kier alpha value is -16.8. The Labute approximate surface area is 725 Å². The van der Waals surface area contributed by atoms with E-state index < -0.39 is 0 Å². The van der Waals surface area contributed by atoms with E-state index in [1.54, 1.807) is 0 Å². The number of hydrogen-bond donors (Lipinski definition) is 0. The number of furan rings is 2. The Morgan fingerprint density at radius 3 is 0.778 bits per heavy atom. The number of hydrogen-bond acceptors (Lipinski definition) is 2. The standard InChI is InChI=1S/C120H74N4O2/c1-3-15-75(16-4-1)89-51-63-99-101-65-53-91(71-112(101)122(110(99)69-89)94-57-45-84(46-58-94)80-29-27-79(28-30-80)83-43-55-93(56-44-83)121-108-23-11-8-20-98(108)106-74-118-107(73-114(106)121)103-21-9-13-25-115(103)126-118)87-39-35-77(36-40-87)78-37-41-88(42-38-78)92-54-66-102-100-64-52-90(76-17-5-2-6-18-76)70-111(100)123(113(102)72-92)95-59-47-85(48-60-95)81-31-33-82(34-32-81)86-49-61-96(62-50-86)124-109-24-12-7-19-97(109)104-67-68-117-119(120(104)124)105-22-10-14-26-116(105)125-117/h1-74H. The third-order valence-electron chi connectivity index (χ3n) is 26.5. The summed E-state index contributed by atoms with van der Waals surface area (Å²) in [4.78, 5) is 0. The third kappa shape index (κ3) is 11.5. The maximum Gasteiger partial charge on any atom is 0.137 e. The lowest BCUT2D eigenvalue weighted by atomic mass is 9.97. The van der Waals surface area contributed by atoms with Crippen LogP contribution in [0.5, 0.6) is 0 Å². The highest BCUT2D eigenvalue weighted by Gasteiger charge is 2.24. The van der Waals surface area contributed by atoms with Gasteiger partial charge in [0.1, 0.15) is 22.3 Å². The SMILES string of the molecule is c1ccc(-c2ccc3c4ccc(-c5ccc(-c6ccc(-c7ccc8c9ccc(-c%10ccccc%10)cc9n(-c9ccc(-c%10ccc(-c%11ccc(-n%12c%13ccccc%13c%13ccc%14oc%15ccccc%15c%14c%13%12)cc%11)cc%10)cc9)c8c7)cc6)cc5)cc4n(-c4ccc(-c5ccc(-c6ccc(-n7c8ccccc8c8cc9oc%10ccccc%10c9cc87)cc6)cc5)cc4)c3c2)cc1. The number of para-hydroxylation sites is 4. The van der Waals surface area contributed by atoms with E-state index in [4.69, 9.17) is 8.83 Å². The summed E-state index contributed by atoms with van der Waals surface area (Å²) in [5.41, 5.74) is 38.4. The van der Waals surface area contributed by atoms with Gasteiger partial charge in [-0.2, -0.15) is 0 Å². The Bertz CT molecular complexity index is 8850. The van der Waals surface area contributed by atoms with Crippen LogP contribution in [0, 0.1) is 0 Å². The summed E-state index contributed by atoms with van der Waals surface area (Å²) in [6.45, 7) is 0. The molecule has 6 heteroatoms. The van der Waals surface area contributed by atoms with E-state index in [0.717, 1.165) is 150 Å². The summed E-state index contributed by atoms with van der Waals surface area (Å²) in [6, 6.07) is 165. The summed E-state index contributed by atoms with van der Waals surface area (Å²) >= 11 is 0. The van der Waals surface area contributed by atoms with Gasteiger partial charge >= 0.3 is 0 Å². The largest absolute Gasteiger partial charge is 0.456 e. The number of benzene rings is 20. The van der Waals surface area contributed by atoms with Crippen LogP contribution in [0.2, 0.25) is 0 Å². The molecule has 0 aliphatic rings. The summed E-state index contributed by atoms with van der Waals surface area (Å²) in [5.74, 6) is 0. The fourth-order valence-corrected chi connectivity index (χ4v) is 20.2. The quantitative estimate of drug-likeness (QED) is 0.115. The second kappa shape index (κ2) is 28.4. The Kier molecular flexibility index (Phi) is 16.0. The van der Waals surface area contributed by atoms with Crippen molar-refractivity contribution in [2.24, 2.45) is 0 Å². The van der Waals surface area contributed by atoms with Crippen molar-refractivity contribution in [2.45, 2.75) is 0 Å². The summed E-state index contributed by atoms with van der Waals surface area (Å²) < 4.78 is 22.5. The molecule has 0 radical (unpaired) electrons. The topological polar surface area (TPSA) is 46.0 Å². The van der Waals surface area contributed by atoms with Gasteiger partial charge in [-0.1, -0.05) is 328 Å². The molecule has 6 nitrogen and oxygen atoms in total. The zero-order valence-electron chi connectivity index (χ0n) is 68.3. The van der Waals surface area contributed by atoms with E-state index in [2.05, 4.69) is 449 Å². The first kappa shape index (κ1) is 71.0. The van der Waals surface area contributed by atoms with Gasteiger partial charge in [-0.05, 0) is 221 Å². The van der Waals surface area contributed by atoms with Gasteiger partial charge in [-0.25, -0.2) is 0 Å². The summed E-state index contributed by atoms with van der Waals surface area (Å²) in [5, 5.41) is 14.2. The monoisotopic (exact) mass is 1600 g/mol. The molecule has 0 bridgehead atoms. The minimum atomic E-state index is 0.894. The zero-order valence-corrected chi connectivity index (χ0v) is 68.3. The minimum absolute atomic E-state index is 0.894. The molecule has 0 amide bonds. The second-order valence-corrected chi connectivity index (χ2v) is 33.4. The smallest absolute Gasteiger partial charge is 0.137 e. The fraction of sp³-hybridized carbons (Fsp3) is 0. The molecule has 0 unspecified atom stereocenters. The predicted molar refractivity (Wildman–Crippen MR) is 527 cm³/mol. The van der Waals surface area contributed by atoms with Crippen LogP contribution in [0.25, 0.3) is 254 Å². The molecule has 6 aromatic heterocycles. The summed E-state index contributed by atoms with van der Waals surface area (Å²) in [7, 11) is 0. The molecule has 586 valence electrons. The Morgan fingerprint density at radius 1 is 0.127 bits per heavy atom. The number of rotatable bonds is 13. The third-order valence-corrected chi connectivity index (χ3v) is 26.5. The van der Waals surface area contributed by atoms with Crippen molar-refractivity contribution in [3.63, 3.8) is 0 Å². The molecule has 20 aromatic carbocycles. The molecular formula is C120H74N4O2. The van der Waals surface area contributed by atoms with Gasteiger partial charge in [0.2, 0.25) is 0 Å². The maximum absolute atomic E-state index is 6.41. The van der Waals surface area contributed by atoms with Crippen molar-refractivity contribution in [1.29, 1.82) is 0 Å². The highest BCUT2D eigenvalue weighted by molar-refractivity contribution is 6.25. The molecule has 0 aliphatic carbocycles. The van der Waals surface area contributed by atoms with Gasteiger partial charge in [-0.15, -0.1) is 0 Å².